The van der Waals surface area contributed by atoms with Crippen LogP contribution in [0.15, 0.2) is 18.2 Å². The molecule has 1 aromatic carbocycles. The van der Waals surface area contributed by atoms with Crippen LogP contribution >= 0.6 is 11.6 Å². The Labute approximate surface area is 132 Å². The largest absolute Gasteiger partial charge is 0.490 e. The minimum atomic E-state index is 0.365. The molecule has 3 nitrogen and oxygen atoms in total. The summed E-state index contributed by atoms with van der Waals surface area (Å²) < 4.78 is 6.01. The molecule has 1 heterocycles. The number of rotatable bonds is 6. The third kappa shape index (κ3) is 3.91. The first kappa shape index (κ1) is 15.1. The number of benzene rings is 1. The second-order valence-electron chi connectivity index (χ2n) is 6.37. The van der Waals surface area contributed by atoms with Crippen molar-refractivity contribution in [1.29, 1.82) is 0 Å². The highest BCUT2D eigenvalue weighted by atomic mass is 35.5. The number of likely N-dealkylation sites (tertiary alicyclic amines) is 1. The zero-order valence-electron chi connectivity index (χ0n) is 12.8. The summed E-state index contributed by atoms with van der Waals surface area (Å²) in [6.45, 7) is 4.45. The number of ether oxygens (including phenoxy) is 1. The second-order valence-corrected chi connectivity index (χ2v) is 6.78. The molecule has 3 rings (SSSR count). The van der Waals surface area contributed by atoms with Crippen LogP contribution in [0.25, 0.3) is 0 Å². The lowest BCUT2D eigenvalue weighted by Gasteiger charge is -2.35. The summed E-state index contributed by atoms with van der Waals surface area (Å²) in [7, 11) is 2.01. The van der Waals surface area contributed by atoms with Gasteiger partial charge in [0.2, 0.25) is 0 Å². The maximum atomic E-state index is 6.41. The Hall–Kier alpha value is -0.770. The highest BCUT2D eigenvalue weighted by Crippen LogP contribution is 2.32. The first-order valence-corrected chi connectivity index (χ1v) is 8.44. The minimum Gasteiger partial charge on any atom is -0.490 e. The van der Waals surface area contributed by atoms with E-state index < -0.39 is 0 Å². The van der Waals surface area contributed by atoms with E-state index in [4.69, 9.17) is 16.3 Å². The maximum absolute atomic E-state index is 6.41. The Bertz CT molecular complexity index is 468. The van der Waals surface area contributed by atoms with E-state index in [-0.39, 0.29) is 0 Å². The van der Waals surface area contributed by atoms with E-state index in [1.165, 1.54) is 31.5 Å². The van der Waals surface area contributed by atoms with Crippen LogP contribution < -0.4 is 10.1 Å². The summed E-state index contributed by atoms with van der Waals surface area (Å²) in [6, 6.07) is 6.18. The molecule has 1 aromatic rings. The summed E-state index contributed by atoms with van der Waals surface area (Å²) in [6.07, 6.45) is 5.29. The van der Waals surface area contributed by atoms with Crippen molar-refractivity contribution in [2.75, 3.05) is 26.7 Å². The molecular formula is C17H25ClN2O. The molecular weight excluding hydrogens is 284 g/mol. The number of nitrogens with one attached hydrogen (secondary N) is 1. The van der Waals surface area contributed by atoms with Gasteiger partial charge in [-0.3, -0.25) is 4.90 Å². The summed E-state index contributed by atoms with van der Waals surface area (Å²) in [5.74, 6) is 1.68. The third-order valence-corrected chi connectivity index (χ3v) is 4.96. The van der Waals surface area contributed by atoms with Crippen LogP contribution in [0.4, 0.5) is 0 Å². The maximum Gasteiger partial charge on any atom is 0.121 e. The van der Waals surface area contributed by atoms with Crippen molar-refractivity contribution < 1.29 is 4.74 Å². The highest BCUT2D eigenvalue weighted by Gasteiger charge is 2.30. The smallest absolute Gasteiger partial charge is 0.121 e. The zero-order valence-corrected chi connectivity index (χ0v) is 13.5. The third-order valence-electron chi connectivity index (χ3n) is 4.61. The molecule has 21 heavy (non-hydrogen) atoms. The monoisotopic (exact) mass is 308 g/mol. The lowest BCUT2D eigenvalue weighted by molar-refractivity contribution is 0.0657. The van der Waals surface area contributed by atoms with Gasteiger partial charge in [0.05, 0.1) is 6.10 Å². The van der Waals surface area contributed by atoms with Gasteiger partial charge in [-0.2, -0.15) is 0 Å². The predicted octanol–water partition coefficient (Wildman–Crippen LogP) is 3.31. The van der Waals surface area contributed by atoms with Crippen LogP contribution in [0.1, 0.15) is 31.2 Å². The van der Waals surface area contributed by atoms with Gasteiger partial charge in [-0.25, -0.2) is 0 Å². The van der Waals surface area contributed by atoms with Crippen molar-refractivity contribution in [2.24, 2.45) is 5.92 Å². The number of halogens is 1. The number of hydrogen-bond donors (Lipinski definition) is 1. The van der Waals surface area contributed by atoms with Gasteiger partial charge in [0, 0.05) is 11.6 Å². The molecule has 0 spiro atoms. The summed E-state index contributed by atoms with van der Waals surface area (Å²) in [4.78, 5) is 2.47. The van der Waals surface area contributed by atoms with Crippen LogP contribution in [0.2, 0.25) is 5.02 Å². The van der Waals surface area contributed by atoms with Crippen molar-refractivity contribution in [3.05, 3.63) is 28.8 Å². The van der Waals surface area contributed by atoms with Gasteiger partial charge >= 0.3 is 0 Å². The molecule has 0 unspecified atom stereocenters. The fourth-order valence-corrected chi connectivity index (χ4v) is 3.56. The molecule has 1 saturated heterocycles. The van der Waals surface area contributed by atoms with E-state index in [1.54, 1.807) is 0 Å². The molecule has 0 bridgehead atoms. The average molecular weight is 309 g/mol. The molecule has 2 aliphatic rings. The van der Waals surface area contributed by atoms with E-state index in [0.29, 0.717) is 6.10 Å². The van der Waals surface area contributed by atoms with Gasteiger partial charge in [-0.1, -0.05) is 17.7 Å². The Morgan fingerprint density at radius 1 is 1.29 bits per heavy atom. The van der Waals surface area contributed by atoms with Gasteiger partial charge in [-0.15, -0.1) is 0 Å². The molecule has 1 saturated carbocycles. The molecule has 0 atom stereocenters. The molecule has 4 heteroatoms. The molecule has 1 aliphatic heterocycles. The molecule has 0 amide bonds. The highest BCUT2D eigenvalue weighted by molar-refractivity contribution is 6.31. The van der Waals surface area contributed by atoms with Crippen molar-refractivity contribution in [3.63, 3.8) is 0 Å². The predicted molar refractivity (Wildman–Crippen MR) is 87.0 cm³/mol. The van der Waals surface area contributed by atoms with E-state index in [2.05, 4.69) is 22.3 Å². The fraction of sp³-hybridized carbons (Fsp3) is 0.647. The van der Waals surface area contributed by atoms with Crippen LogP contribution in [-0.2, 0) is 6.54 Å². The normalized spacial score (nSPS) is 25.8. The summed E-state index contributed by atoms with van der Waals surface area (Å²) in [5.41, 5.74) is 1.22. The second kappa shape index (κ2) is 6.99. The van der Waals surface area contributed by atoms with E-state index in [1.807, 2.05) is 13.1 Å². The lowest BCUT2D eigenvalue weighted by Crippen LogP contribution is -2.38. The Kier molecular flexibility index (Phi) is 5.04. The molecule has 2 fully saturated rings. The van der Waals surface area contributed by atoms with Gasteiger partial charge in [0.1, 0.15) is 5.75 Å². The average Bonchev–Trinajstić information content (AvgIpc) is 2.92. The van der Waals surface area contributed by atoms with E-state index in [0.717, 1.165) is 42.6 Å². The Morgan fingerprint density at radius 3 is 2.71 bits per heavy atom. The first-order valence-electron chi connectivity index (χ1n) is 8.06. The summed E-state index contributed by atoms with van der Waals surface area (Å²) in [5, 5.41) is 4.06. The minimum absolute atomic E-state index is 0.365. The molecule has 0 aromatic heterocycles. The first-order chi connectivity index (χ1) is 10.2. The topological polar surface area (TPSA) is 24.5 Å². The van der Waals surface area contributed by atoms with Gasteiger partial charge in [0.25, 0.3) is 0 Å². The van der Waals surface area contributed by atoms with Crippen LogP contribution in [0.5, 0.6) is 5.75 Å². The van der Waals surface area contributed by atoms with E-state index >= 15 is 0 Å². The quantitative estimate of drug-likeness (QED) is 0.872. The van der Waals surface area contributed by atoms with Crippen LogP contribution in [0.3, 0.4) is 0 Å². The van der Waals surface area contributed by atoms with Crippen molar-refractivity contribution in [1.82, 2.24) is 10.2 Å². The van der Waals surface area contributed by atoms with Crippen LogP contribution in [0, 0.1) is 5.92 Å². The van der Waals surface area contributed by atoms with Gasteiger partial charge in [-0.05, 0) is 76.0 Å². The standard InChI is InChI=1S/C17H25ClN2O/c1-19-11-13-8-16(9-13)21-15-5-4-14(17(18)10-15)12-20-6-2-3-7-20/h4-5,10,13,16,19H,2-3,6-9,11-12H2,1H3. The van der Waals surface area contributed by atoms with E-state index in [9.17, 15) is 0 Å². The van der Waals surface area contributed by atoms with Crippen molar-refractivity contribution in [2.45, 2.75) is 38.3 Å². The summed E-state index contributed by atoms with van der Waals surface area (Å²) >= 11 is 6.41. The molecule has 0 radical (unpaired) electrons. The Morgan fingerprint density at radius 2 is 2.05 bits per heavy atom. The van der Waals surface area contributed by atoms with Crippen LogP contribution in [-0.4, -0.2) is 37.7 Å². The Balaban J connectivity index is 1.52. The molecule has 116 valence electrons. The zero-order chi connectivity index (χ0) is 14.7. The van der Waals surface area contributed by atoms with Gasteiger partial charge < -0.3 is 10.1 Å². The van der Waals surface area contributed by atoms with Gasteiger partial charge in [0.15, 0.2) is 0 Å². The molecule has 1 aliphatic carbocycles. The number of nitrogens with zero attached hydrogens (tertiary/aromatic N) is 1. The lowest BCUT2D eigenvalue weighted by atomic mass is 9.82. The van der Waals surface area contributed by atoms with Crippen molar-refractivity contribution >= 4 is 11.6 Å². The number of hydrogen-bond acceptors (Lipinski definition) is 3. The fourth-order valence-electron chi connectivity index (χ4n) is 3.33. The SMILES string of the molecule is CNCC1CC(Oc2ccc(CN3CCCC3)c(Cl)c2)C1. The molecule has 1 N–H and O–H groups in total. The van der Waals surface area contributed by atoms with Crippen molar-refractivity contribution in [3.8, 4) is 5.75 Å².